The quantitative estimate of drug-likeness (QED) is 0.568. The molecule has 2 heterocycles. The van der Waals surface area contributed by atoms with Crippen molar-refractivity contribution in [3.05, 3.63) is 0 Å². The molecule has 6 nitrogen and oxygen atoms in total. The van der Waals surface area contributed by atoms with Gasteiger partial charge >= 0.3 is 6.03 Å². The van der Waals surface area contributed by atoms with Gasteiger partial charge in [0, 0.05) is 13.1 Å². The number of imide groups is 1. The van der Waals surface area contributed by atoms with Crippen molar-refractivity contribution in [3.8, 4) is 0 Å². The van der Waals surface area contributed by atoms with Gasteiger partial charge in [0.2, 0.25) is 11.8 Å². The number of amides is 4. The number of rotatable bonds is 0. The molecule has 1 N–H and O–H groups in total. The number of hydrogen-bond donors (Lipinski definition) is 1. The fraction of sp³-hybridized carbons (Fsp3) is 0.700. The molecule has 2 rings (SSSR count). The lowest BCUT2D eigenvalue weighted by molar-refractivity contribution is -0.138. The minimum atomic E-state index is -0.564. The number of nitrogens with zero attached hydrogens (tertiary/aromatic N) is 2. The van der Waals surface area contributed by atoms with E-state index in [0.29, 0.717) is 0 Å². The van der Waals surface area contributed by atoms with Gasteiger partial charge in [-0.25, -0.2) is 4.79 Å². The molecule has 16 heavy (non-hydrogen) atoms. The van der Waals surface area contributed by atoms with E-state index in [1.54, 1.807) is 11.8 Å². The van der Waals surface area contributed by atoms with E-state index >= 15 is 0 Å². The lowest BCUT2D eigenvalue weighted by atomic mass is 10.2. The summed E-state index contributed by atoms with van der Waals surface area (Å²) in [6, 6.07) is -0.765. The van der Waals surface area contributed by atoms with Crippen LogP contribution < -0.4 is 5.32 Å². The molecule has 0 saturated carbocycles. The van der Waals surface area contributed by atoms with Crippen LogP contribution in [0.4, 0.5) is 4.79 Å². The molecule has 0 aliphatic carbocycles. The Morgan fingerprint density at radius 2 is 1.94 bits per heavy atom. The van der Waals surface area contributed by atoms with E-state index in [1.165, 1.54) is 4.90 Å². The number of hydrogen-bond acceptors (Lipinski definition) is 3. The third-order valence-corrected chi connectivity index (χ3v) is 3.05. The largest absolute Gasteiger partial charge is 0.325 e. The van der Waals surface area contributed by atoms with Gasteiger partial charge in [0.1, 0.15) is 12.6 Å². The monoisotopic (exact) mass is 225 g/mol. The van der Waals surface area contributed by atoms with E-state index < -0.39 is 17.9 Å². The van der Waals surface area contributed by atoms with Crippen molar-refractivity contribution in [1.29, 1.82) is 0 Å². The van der Waals surface area contributed by atoms with Gasteiger partial charge < -0.3 is 9.80 Å². The first-order valence-electron chi connectivity index (χ1n) is 5.49. The number of piperazine rings is 1. The van der Waals surface area contributed by atoms with Crippen LogP contribution in [0.5, 0.6) is 0 Å². The van der Waals surface area contributed by atoms with Crippen molar-refractivity contribution in [1.82, 2.24) is 15.1 Å². The van der Waals surface area contributed by atoms with Crippen LogP contribution in [0, 0.1) is 0 Å². The number of nitrogens with one attached hydrogen (secondary N) is 1. The number of carbonyl (C=O) groups excluding carboxylic acids is 3. The molecule has 0 aromatic rings. The molecule has 4 amide bonds. The Hall–Kier alpha value is -1.59. The fourth-order valence-corrected chi connectivity index (χ4v) is 2.04. The molecule has 0 radical (unpaired) electrons. The molecule has 6 heteroatoms. The van der Waals surface area contributed by atoms with Crippen LogP contribution in [0.3, 0.4) is 0 Å². The molecule has 2 saturated heterocycles. The van der Waals surface area contributed by atoms with Crippen LogP contribution in [-0.4, -0.2) is 53.3 Å². The number of urea groups is 1. The predicted octanol–water partition coefficient (Wildman–Crippen LogP) is -0.451. The molecule has 2 aliphatic rings. The molecular formula is C10H15N3O3. The Labute approximate surface area is 93.6 Å². The Bertz CT molecular complexity index is 336. The highest BCUT2D eigenvalue weighted by Crippen LogP contribution is 2.14. The second kappa shape index (κ2) is 4.11. The highest BCUT2D eigenvalue weighted by Gasteiger charge is 2.36. The van der Waals surface area contributed by atoms with Crippen molar-refractivity contribution in [2.75, 3.05) is 19.6 Å². The van der Waals surface area contributed by atoms with Crippen molar-refractivity contribution in [2.45, 2.75) is 25.8 Å². The maximum Gasteiger partial charge on any atom is 0.321 e. The summed E-state index contributed by atoms with van der Waals surface area (Å²) >= 11 is 0. The molecule has 88 valence electrons. The van der Waals surface area contributed by atoms with E-state index in [-0.39, 0.29) is 12.6 Å². The smallest absolute Gasteiger partial charge is 0.321 e. The van der Waals surface area contributed by atoms with Gasteiger partial charge in [0.05, 0.1) is 0 Å². The summed E-state index contributed by atoms with van der Waals surface area (Å²) in [5, 5.41) is 2.21. The lowest BCUT2D eigenvalue weighted by Crippen LogP contribution is -2.60. The number of likely N-dealkylation sites (tertiary alicyclic amines) is 1. The zero-order valence-corrected chi connectivity index (χ0v) is 9.23. The van der Waals surface area contributed by atoms with E-state index in [9.17, 15) is 14.4 Å². The first-order valence-corrected chi connectivity index (χ1v) is 5.49. The highest BCUT2D eigenvalue weighted by atomic mass is 16.2. The van der Waals surface area contributed by atoms with Crippen molar-refractivity contribution >= 4 is 17.8 Å². The molecule has 2 aliphatic heterocycles. The van der Waals surface area contributed by atoms with E-state index in [2.05, 4.69) is 5.32 Å². The molecule has 1 atom stereocenters. The normalized spacial score (nSPS) is 25.9. The minimum absolute atomic E-state index is 0.0256. The minimum Gasteiger partial charge on any atom is -0.325 e. The summed E-state index contributed by atoms with van der Waals surface area (Å²) in [5.41, 5.74) is 0. The summed E-state index contributed by atoms with van der Waals surface area (Å²) in [6.45, 7) is 3.05. The number of carbonyl (C=O) groups is 3. The van der Waals surface area contributed by atoms with Gasteiger partial charge in [-0.3, -0.25) is 14.9 Å². The highest BCUT2D eigenvalue weighted by molar-refractivity contribution is 6.03. The molecule has 0 bridgehead atoms. The van der Waals surface area contributed by atoms with Gasteiger partial charge in [-0.1, -0.05) is 0 Å². The lowest BCUT2D eigenvalue weighted by Gasteiger charge is -2.34. The summed E-state index contributed by atoms with van der Waals surface area (Å²) in [4.78, 5) is 37.7. The van der Waals surface area contributed by atoms with Crippen LogP contribution in [0.15, 0.2) is 0 Å². The average Bonchev–Trinajstić information content (AvgIpc) is 2.75. The van der Waals surface area contributed by atoms with Crippen molar-refractivity contribution in [3.63, 3.8) is 0 Å². The Morgan fingerprint density at radius 1 is 1.31 bits per heavy atom. The molecular weight excluding hydrogens is 210 g/mol. The summed E-state index contributed by atoms with van der Waals surface area (Å²) < 4.78 is 0. The first kappa shape index (κ1) is 10.9. The van der Waals surface area contributed by atoms with E-state index in [1.807, 2.05) is 0 Å². The maximum atomic E-state index is 12.0. The second-order valence-corrected chi connectivity index (χ2v) is 4.19. The zero-order valence-electron chi connectivity index (χ0n) is 9.23. The SMILES string of the molecule is CC1C(=O)NC(=O)CN1C(=O)N1CCCC1. The van der Waals surface area contributed by atoms with E-state index in [4.69, 9.17) is 0 Å². The van der Waals surface area contributed by atoms with Crippen LogP contribution in [0.2, 0.25) is 0 Å². The fourth-order valence-electron chi connectivity index (χ4n) is 2.04. The molecule has 0 aromatic heterocycles. The topological polar surface area (TPSA) is 69.7 Å². The van der Waals surface area contributed by atoms with Gasteiger partial charge in [0.15, 0.2) is 0 Å². The van der Waals surface area contributed by atoms with E-state index in [0.717, 1.165) is 25.9 Å². The average molecular weight is 225 g/mol. The van der Waals surface area contributed by atoms with Crippen LogP contribution in [-0.2, 0) is 9.59 Å². The van der Waals surface area contributed by atoms with Crippen LogP contribution in [0.25, 0.3) is 0 Å². The van der Waals surface area contributed by atoms with Crippen molar-refractivity contribution in [2.24, 2.45) is 0 Å². The first-order chi connectivity index (χ1) is 7.59. The van der Waals surface area contributed by atoms with Gasteiger partial charge in [-0.15, -0.1) is 0 Å². The predicted molar refractivity (Wildman–Crippen MR) is 55.5 cm³/mol. The second-order valence-electron chi connectivity index (χ2n) is 4.19. The standard InChI is InChI=1S/C10H15N3O3/c1-7-9(15)11-8(14)6-13(7)10(16)12-4-2-3-5-12/h7H,2-6H2,1H3,(H,11,14,15). The molecule has 1 unspecified atom stereocenters. The Morgan fingerprint density at radius 3 is 2.56 bits per heavy atom. The molecule has 0 spiro atoms. The Kier molecular flexibility index (Phi) is 2.80. The zero-order chi connectivity index (χ0) is 11.7. The summed E-state index contributed by atoms with van der Waals surface area (Å²) in [7, 11) is 0. The molecule has 0 aromatic carbocycles. The molecule has 2 fully saturated rings. The van der Waals surface area contributed by atoms with Gasteiger partial charge in [-0.2, -0.15) is 0 Å². The third kappa shape index (κ3) is 1.87. The maximum absolute atomic E-state index is 12.0. The van der Waals surface area contributed by atoms with Crippen molar-refractivity contribution < 1.29 is 14.4 Å². The summed E-state index contributed by atoms with van der Waals surface area (Å²) in [6.07, 6.45) is 1.99. The van der Waals surface area contributed by atoms with Gasteiger partial charge in [0.25, 0.3) is 0 Å². The Balaban J connectivity index is 2.09. The summed E-state index contributed by atoms with van der Waals surface area (Å²) in [5.74, 6) is -0.806. The van der Waals surface area contributed by atoms with Gasteiger partial charge in [-0.05, 0) is 19.8 Å². The van der Waals surface area contributed by atoms with Crippen LogP contribution in [0.1, 0.15) is 19.8 Å². The van der Waals surface area contributed by atoms with Crippen LogP contribution >= 0.6 is 0 Å². The third-order valence-electron chi connectivity index (χ3n) is 3.05.